The number of aryl methyl sites for hydroxylation is 1. The lowest BCUT2D eigenvalue weighted by Gasteiger charge is -2.39. The lowest BCUT2D eigenvalue weighted by molar-refractivity contribution is -0.216. The van der Waals surface area contributed by atoms with E-state index < -0.39 is 54.4 Å². The van der Waals surface area contributed by atoms with Crippen LogP contribution in [0.1, 0.15) is 62.5 Å². The van der Waals surface area contributed by atoms with Gasteiger partial charge in [0, 0.05) is 29.5 Å². The number of esters is 1. The van der Waals surface area contributed by atoms with E-state index in [4.69, 9.17) is 14.2 Å². The van der Waals surface area contributed by atoms with E-state index in [0.29, 0.717) is 11.1 Å². The highest BCUT2D eigenvalue weighted by atomic mass is 16.7. The monoisotopic (exact) mass is 583 g/mol. The minimum atomic E-state index is -1.10. The summed E-state index contributed by atoms with van der Waals surface area (Å²) in [6.07, 6.45) is -4.78. The quantitative estimate of drug-likeness (QED) is 0.392. The summed E-state index contributed by atoms with van der Waals surface area (Å²) in [5.74, 6) is -1.78. The highest BCUT2D eigenvalue weighted by molar-refractivity contribution is 6.41. The number of nitrogens with zero attached hydrogens (tertiary/aromatic N) is 1. The Morgan fingerprint density at radius 2 is 1.74 bits per heavy atom. The Morgan fingerprint density at radius 3 is 2.49 bits per heavy atom. The van der Waals surface area contributed by atoms with Gasteiger partial charge >= 0.3 is 5.97 Å². The van der Waals surface area contributed by atoms with Gasteiger partial charge in [0.15, 0.2) is 5.78 Å². The number of allylic oxidation sites excluding steroid dienone is 2. The molecule has 220 valence electrons. The summed E-state index contributed by atoms with van der Waals surface area (Å²) < 4.78 is 17.6. The van der Waals surface area contributed by atoms with Gasteiger partial charge in [-0.25, -0.2) is 4.79 Å². The van der Waals surface area contributed by atoms with Crippen LogP contribution >= 0.6 is 0 Å². The van der Waals surface area contributed by atoms with E-state index >= 15 is 0 Å². The molecular weight excluding hydrogens is 554 g/mol. The van der Waals surface area contributed by atoms with Gasteiger partial charge in [-0.1, -0.05) is 42.5 Å². The molecule has 3 N–H and O–H groups in total. The lowest BCUT2D eigenvalue weighted by Crippen LogP contribution is -2.48. The number of Topliss-reactive ketones (excluding diaryl/α,β-unsaturated/α-hetero) is 2. The second-order valence-corrected chi connectivity index (χ2v) is 11.4. The zero-order valence-corrected chi connectivity index (χ0v) is 23.4. The smallest absolute Gasteiger partial charge is 0.331 e. The Hall–Kier alpha value is -4.51. The third-order valence-electron chi connectivity index (χ3n) is 8.54. The fourth-order valence-electron chi connectivity index (χ4n) is 6.54. The first kappa shape index (κ1) is 27.3. The molecule has 1 unspecified atom stereocenters. The Kier molecular flexibility index (Phi) is 6.39. The molecule has 0 aromatic heterocycles. The molecule has 4 aliphatic rings. The highest BCUT2D eigenvalue weighted by Crippen LogP contribution is 2.52. The van der Waals surface area contributed by atoms with E-state index in [1.165, 1.54) is 18.2 Å². The zero-order chi connectivity index (χ0) is 30.2. The minimum absolute atomic E-state index is 0.00385. The molecule has 2 fully saturated rings. The average Bonchev–Trinajstić information content (AvgIpc) is 3.30. The number of ketones is 2. The molecule has 0 bridgehead atoms. The van der Waals surface area contributed by atoms with Gasteiger partial charge in [0.05, 0.1) is 23.3 Å². The number of rotatable bonds is 4. The molecule has 3 aliphatic heterocycles. The molecule has 0 saturated carbocycles. The van der Waals surface area contributed by atoms with Crippen LogP contribution in [0, 0.1) is 6.92 Å². The molecule has 7 rings (SSSR count). The van der Waals surface area contributed by atoms with Crippen LogP contribution in [0.15, 0.2) is 66.4 Å². The molecule has 0 amide bonds. The van der Waals surface area contributed by atoms with Crippen molar-refractivity contribution >= 4 is 23.1 Å². The average molecular weight is 584 g/mol. The topological polar surface area (TPSA) is 143 Å². The Balaban J connectivity index is 1.37. The van der Waals surface area contributed by atoms with Crippen LogP contribution in [-0.4, -0.2) is 68.4 Å². The van der Waals surface area contributed by atoms with Crippen molar-refractivity contribution in [1.82, 2.24) is 4.90 Å². The second kappa shape index (κ2) is 10.0. The van der Waals surface area contributed by atoms with E-state index in [-0.39, 0.29) is 52.3 Å². The van der Waals surface area contributed by atoms with Gasteiger partial charge < -0.3 is 34.4 Å². The molecule has 10 nitrogen and oxygen atoms in total. The maximum Gasteiger partial charge on any atom is 0.331 e. The van der Waals surface area contributed by atoms with E-state index in [2.05, 4.69) is 0 Å². The minimum Gasteiger partial charge on any atom is -0.507 e. The number of carbonyl (C=O) groups is 3. The number of aromatic hydroxyl groups is 1. The molecule has 0 radical (unpaired) electrons. The van der Waals surface area contributed by atoms with Crippen molar-refractivity contribution < 1.29 is 43.9 Å². The summed E-state index contributed by atoms with van der Waals surface area (Å²) in [5, 5.41) is 31.5. The number of hydrogen-bond donors (Lipinski definition) is 3. The number of aliphatic hydroxyl groups excluding tert-OH is 2. The lowest BCUT2D eigenvalue weighted by atomic mass is 9.78. The highest BCUT2D eigenvalue weighted by Gasteiger charge is 2.54. The second-order valence-electron chi connectivity index (χ2n) is 11.4. The van der Waals surface area contributed by atoms with Crippen LogP contribution in [0.2, 0.25) is 0 Å². The first-order valence-electron chi connectivity index (χ1n) is 14.2. The van der Waals surface area contributed by atoms with Gasteiger partial charge in [0.1, 0.15) is 29.3 Å². The van der Waals surface area contributed by atoms with Gasteiger partial charge in [0.2, 0.25) is 18.3 Å². The van der Waals surface area contributed by atoms with E-state index in [9.17, 15) is 29.7 Å². The molecule has 43 heavy (non-hydrogen) atoms. The van der Waals surface area contributed by atoms with E-state index in [0.717, 1.165) is 5.56 Å². The van der Waals surface area contributed by atoms with Gasteiger partial charge in [-0.3, -0.25) is 9.59 Å². The summed E-state index contributed by atoms with van der Waals surface area (Å²) in [6.45, 7) is 3.38. The molecule has 6 atom stereocenters. The van der Waals surface area contributed by atoms with Crippen LogP contribution in [0.3, 0.4) is 0 Å². The number of phenols is 1. The molecule has 3 heterocycles. The van der Waals surface area contributed by atoms with Crippen LogP contribution in [0.25, 0.3) is 5.57 Å². The third kappa shape index (κ3) is 4.24. The van der Waals surface area contributed by atoms with Gasteiger partial charge in [0.25, 0.3) is 0 Å². The molecule has 0 spiro atoms. The summed E-state index contributed by atoms with van der Waals surface area (Å²) in [6, 6.07) is 16.3. The summed E-state index contributed by atoms with van der Waals surface area (Å²) in [4.78, 5) is 43.8. The number of hydrogen-bond acceptors (Lipinski definition) is 10. The van der Waals surface area contributed by atoms with Crippen molar-refractivity contribution in [2.24, 2.45) is 0 Å². The maximum atomic E-state index is 14.6. The Bertz CT molecular complexity index is 1700. The third-order valence-corrected chi connectivity index (χ3v) is 8.54. The number of phenolic OH excluding ortho intramolecular Hbond substituents is 1. The SMILES string of the molecule is Cc1cc(O)c2c(c1)[C@@H]1OC(=O)[C@H](Cc3ccccc3)N1C1=C2C(=O)c2cccc(OC3C[C@@H](O)[C@@H](O)[C@H](C)O3)c2C1=O. The first-order chi connectivity index (χ1) is 20.6. The number of fused-ring (bicyclic) bond motifs is 6. The van der Waals surface area contributed by atoms with E-state index in [1.807, 2.05) is 30.3 Å². The van der Waals surface area contributed by atoms with Crippen molar-refractivity contribution in [3.63, 3.8) is 0 Å². The predicted octanol–water partition coefficient (Wildman–Crippen LogP) is 3.21. The normalized spacial score (nSPS) is 27.7. The summed E-state index contributed by atoms with van der Waals surface area (Å²) >= 11 is 0. The molecular formula is C33H29NO9. The Labute approximate surface area is 246 Å². The number of aliphatic hydroxyl groups is 2. The van der Waals surface area contributed by atoms with Crippen LogP contribution in [0.5, 0.6) is 11.5 Å². The van der Waals surface area contributed by atoms with Gasteiger partial charge in [-0.2, -0.15) is 0 Å². The standard InChI is InChI=1S/C33H29NO9/c1-15-11-19-25(21(35)12-15)27-28(34-20(33(40)43-32(19)34)13-17-7-4-3-5-8-17)31(39)26-18(30(27)38)9-6-10-23(26)42-24-14-22(36)29(37)16(2)41-24/h3-12,16,20,22,24,29,32,35-37H,13-14H2,1-2H3/t16-,20-,22+,24?,29-,32-/m0/s1. The summed E-state index contributed by atoms with van der Waals surface area (Å²) in [5.41, 5.74) is 2.12. The molecule has 1 aliphatic carbocycles. The fraction of sp³-hybridized carbons (Fsp3) is 0.303. The van der Waals surface area contributed by atoms with Crippen LogP contribution in [0.4, 0.5) is 0 Å². The van der Waals surface area contributed by atoms with Crippen LogP contribution in [-0.2, 0) is 20.7 Å². The van der Waals surface area contributed by atoms with Crippen LogP contribution < -0.4 is 4.74 Å². The predicted molar refractivity (Wildman–Crippen MR) is 151 cm³/mol. The fourth-order valence-corrected chi connectivity index (χ4v) is 6.54. The molecule has 10 heteroatoms. The molecule has 2 saturated heterocycles. The largest absolute Gasteiger partial charge is 0.507 e. The van der Waals surface area contributed by atoms with Gasteiger partial charge in [-0.05, 0) is 43.2 Å². The van der Waals surface area contributed by atoms with Crippen molar-refractivity contribution in [2.75, 3.05) is 0 Å². The number of ether oxygens (including phenoxy) is 3. The van der Waals surface area contributed by atoms with Crippen molar-refractivity contribution in [3.8, 4) is 11.5 Å². The van der Waals surface area contributed by atoms with Crippen molar-refractivity contribution in [1.29, 1.82) is 0 Å². The van der Waals surface area contributed by atoms with Crippen molar-refractivity contribution in [3.05, 3.63) is 99.7 Å². The molecule has 3 aromatic rings. The maximum absolute atomic E-state index is 14.6. The van der Waals surface area contributed by atoms with Crippen molar-refractivity contribution in [2.45, 2.75) is 63.6 Å². The molecule has 3 aromatic carbocycles. The van der Waals surface area contributed by atoms with Gasteiger partial charge in [-0.15, -0.1) is 0 Å². The zero-order valence-electron chi connectivity index (χ0n) is 23.4. The Morgan fingerprint density at radius 1 is 0.977 bits per heavy atom. The number of carbonyl (C=O) groups excluding carboxylic acids is 3. The first-order valence-corrected chi connectivity index (χ1v) is 14.2. The number of benzene rings is 3. The van der Waals surface area contributed by atoms with E-state index in [1.54, 1.807) is 30.9 Å². The summed E-state index contributed by atoms with van der Waals surface area (Å²) in [7, 11) is 0.